The van der Waals surface area contributed by atoms with E-state index in [1.807, 2.05) is 42.5 Å². The van der Waals surface area contributed by atoms with Gasteiger partial charge in [-0.1, -0.05) is 41.6 Å². The van der Waals surface area contributed by atoms with Crippen LogP contribution in [0.5, 0.6) is 0 Å². The number of nitrogens with zero attached hydrogens (tertiary/aromatic N) is 1. The number of hydrogen-bond donors (Lipinski definition) is 0. The Hall–Kier alpha value is -2.42. The molecule has 0 N–H and O–H groups in total. The summed E-state index contributed by atoms with van der Waals surface area (Å²) in [5.41, 5.74) is 2.51. The number of hydrogen-bond acceptors (Lipinski definition) is 2. The monoisotopic (exact) mass is 255 g/mol. The van der Waals surface area contributed by atoms with Crippen LogP contribution in [0.3, 0.4) is 0 Å². The highest BCUT2D eigenvalue weighted by Crippen LogP contribution is 2.08. The first kappa shape index (κ1) is 13.0. The minimum absolute atomic E-state index is 0.271. The Morgan fingerprint density at radius 1 is 1.05 bits per heavy atom. The van der Waals surface area contributed by atoms with Crippen molar-refractivity contribution in [1.82, 2.24) is 0 Å². The standard InChI is InChI=1S/C16H14FNO/c1-19-18-16(14-8-10-15(17)11-9-14)12-7-13-5-3-2-4-6-13/h2-12H,1H3/b12-7+,18-16-. The number of rotatable bonds is 4. The molecular formula is C16H14FNO. The van der Waals surface area contributed by atoms with Crippen molar-refractivity contribution in [2.45, 2.75) is 0 Å². The summed E-state index contributed by atoms with van der Waals surface area (Å²) >= 11 is 0. The minimum atomic E-state index is -0.271. The van der Waals surface area contributed by atoms with Crippen molar-refractivity contribution < 1.29 is 9.23 Å². The van der Waals surface area contributed by atoms with E-state index >= 15 is 0 Å². The lowest BCUT2D eigenvalue weighted by Gasteiger charge is -2.01. The molecule has 2 rings (SSSR count). The molecule has 96 valence electrons. The fraction of sp³-hybridized carbons (Fsp3) is 0.0625. The van der Waals surface area contributed by atoms with E-state index in [0.717, 1.165) is 11.1 Å². The lowest BCUT2D eigenvalue weighted by molar-refractivity contribution is 0.214. The fourth-order valence-corrected chi connectivity index (χ4v) is 1.64. The third-order valence-electron chi connectivity index (χ3n) is 2.56. The molecule has 0 bridgehead atoms. The summed E-state index contributed by atoms with van der Waals surface area (Å²) in [5, 5.41) is 3.95. The molecule has 3 heteroatoms. The van der Waals surface area contributed by atoms with Crippen LogP contribution in [-0.4, -0.2) is 12.8 Å². The largest absolute Gasteiger partial charge is 0.399 e. The summed E-state index contributed by atoms with van der Waals surface area (Å²) in [5.74, 6) is -0.271. The Labute approximate surface area is 111 Å². The molecule has 0 aliphatic carbocycles. The maximum Gasteiger partial charge on any atom is 0.123 e. The molecule has 0 aliphatic heterocycles. The lowest BCUT2D eigenvalue weighted by atomic mass is 10.1. The van der Waals surface area contributed by atoms with Gasteiger partial charge in [0.2, 0.25) is 0 Å². The van der Waals surface area contributed by atoms with Gasteiger partial charge in [0.1, 0.15) is 18.6 Å². The molecule has 0 spiro atoms. The van der Waals surface area contributed by atoms with Gasteiger partial charge in [0.05, 0.1) is 0 Å². The van der Waals surface area contributed by atoms with E-state index in [4.69, 9.17) is 4.84 Å². The Morgan fingerprint density at radius 2 is 1.74 bits per heavy atom. The van der Waals surface area contributed by atoms with Crippen LogP contribution in [0.15, 0.2) is 65.8 Å². The molecule has 0 atom stereocenters. The van der Waals surface area contributed by atoms with Crippen LogP contribution in [0.4, 0.5) is 4.39 Å². The van der Waals surface area contributed by atoms with Gasteiger partial charge in [-0.05, 0) is 35.9 Å². The third-order valence-corrected chi connectivity index (χ3v) is 2.56. The highest BCUT2D eigenvalue weighted by molar-refractivity contribution is 6.10. The van der Waals surface area contributed by atoms with Crippen LogP contribution in [0.25, 0.3) is 6.08 Å². The molecule has 0 saturated carbocycles. The van der Waals surface area contributed by atoms with Crippen molar-refractivity contribution in [3.8, 4) is 0 Å². The molecule has 0 saturated heterocycles. The highest BCUT2D eigenvalue weighted by Gasteiger charge is 2.01. The molecule has 0 aromatic heterocycles. The zero-order chi connectivity index (χ0) is 13.5. The summed E-state index contributed by atoms with van der Waals surface area (Å²) in [6, 6.07) is 16.0. The Morgan fingerprint density at radius 3 is 2.37 bits per heavy atom. The molecule has 19 heavy (non-hydrogen) atoms. The first-order valence-corrected chi connectivity index (χ1v) is 5.90. The van der Waals surface area contributed by atoms with Crippen molar-refractivity contribution in [3.05, 3.63) is 77.6 Å². The third kappa shape index (κ3) is 3.78. The van der Waals surface area contributed by atoms with Crippen LogP contribution >= 0.6 is 0 Å². The van der Waals surface area contributed by atoms with Crippen molar-refractivity contribution in [1.29, 1.82) is 0 Å². The Bertz CT molecular complexity index is 573. The SMILES string of the molecule is CO/N=C(/C=C/c1ccccc1)c1ccc(F)cc1. The fourth-order valence-electron chi connectivity index (χ4n) is 1.64. The van der Waals surface area contributed by atoms with Crippen LogP contribution in [0, 0.1) is 5.82 Å². The lowest BCUT2D eigenvalue weighted by Crippen LogP contribution is -1.97. The zero-order valence-corrected chi connectivity index (χ0v) is 10.6. The van der Waals surface area contributed by atoms with Gasteiger partial charge in [0.25, 0.3) is 0 Å². The first-order valence-electron chi connectivity index (χ1n) is 5.90. The smallest absolute Gasteiger partial charge is 0.123 e. The summed E-state index contributed by atoms with van der Waals surface area (Å²) in [6.45, 7) is 0. The second kappa shape index (κ2) is 6.50. The summed E-state index contributed by atoms with van der Waals surface area (Å²) in [7, 11) is 1.49. The number of oxime groups is 1. The first-order chi connectivity index (χ1) is 9.29. The Kier molecular flexibility index (Phi) is 4.45. The predicted octanol–water partition coefficient (Wildman–Crippen LogP) is 3.89. The van der Waals surface area contributed by atoms with E-state index in [-0.39, 0.29) is 5.82 Å². The average molecular weight is 255 g/mol. The van der Waals surface area contributed by atoms with Gasteiger partial charge in [-0.15, -0.1) is 0 Å². The van der Waals surface area contributed by atoms with Crippen molar-refractivity contribution in [2.24, 2.45) is 5.16 Å². The van der Waals surface area contributed by atoms with Gasteiger partial charge in [0, 0.05) is 5.56 Å². The van der Waals surface area contributed by atoms with E-state index < -0.39 is 0 Å². The van der Waals surface area contributed by atoms with E-state index in [1.165, 1.54) is 19.2 Å². The normalized spacial score (nSPS) is 11.8. The number of benzene rings is 2. The molecule has 2 aromatic rings. The van der Waals surface area contributed by atoms with Crippen LogP contribution in [0.1, 0.15) is 11.1 Å². The van der Waals surface area contributed by atoms with Gasteiger partial charge in [0.15, 0.2) is 0 Å². The average Bonchev–Trinajstić information content (AvgIpc) is 2.46. The zero-order valence-electron chi connectivity index (χ0n) is 10.6. The quantitative estimate of drug-likeness (QED) is 0.600. The van der Waals surface area contributed by atoms with E-state index in [9.17, 15) is 4.39 Å². The second-order valence-electron chi connectivity index (χ2n) is 3.91. The number of halogens is 1. The van der Waals surface area contributed by atoms with Crippen molar-refractivity contribution in [2.75, 3.05) is 7.11 Å². The summed E-state index contributed by atoms with van der Waals surface area (Å²) in [4.78, 5) is 4.82. The predicted molar refractivity (Wildman–Crippen MR) is 75.4 cm³/mol. The molecule has 2 aromatic carbocycles. The maximum absolute atomic E-state index is 12.9. The highest BCUT2D eigenvalue weighted by atomic mass is 19.1. The molecule has 2 nitrogen and oxygen atoms in total. The molecular weight excluding hydrogens is 241 g/mol. The van der Waals surface area contributed by atoms with Crippen LogP contribution < -0.4 is 0 Å². The topological polar surface area (TPSA) is 21.6 Å². The number of allylic oxidation sites excluding steroid dienone is 1. The van der Waals surface area contributed by atoms with Crippen LogP contribution in [-0.2, 0) is 4.84 Å². The van der Waals surface area contributed by atoms with E-state index in [2.05, 4.69) is 5.16 Å². The van der Waals surface area contributed by atoms with E-state index in [1.54, 1.807) is 12.1 Å². The molecule has 0 heterocycles. The van der Waals surface area contributed by atoms with E-state index in [0.29, 0.717) is 5.71 Å². The molecule has 0 amide bonds. The molecule has 0 radical (unpaired) electrons. The van der Waals surface area contributed by atoms with Crippen molar-refractivity contribution >= 4 is 11.8 Å². The molecule has 0 aliphatic rings. The molecule has 0 unspecified atom stereocenters. The maximum atomic E-state index is 12.9. The van der Waals surface area contributed by atoms with Gasteiger partial charge in [-0.2, -0.15) is 0 Å². The van der Waals surface area contributed by atoms with Gasteiger partial charge in [-0.3, -0.25) is 0 Å². The van der Waals surface area contributed by atoms with Crippen LogP contribution in [0.2, 0.25) is 0 Å². The van der Waals surface area contributed by atoms with Crippen molar-refractivity contribution in [3.63, 3.8) is 0 Å². The summed E-state index contributed by atoms with van der Waals surface area (Å²) in [6.07, 6.45) is 3.77. The van der Waals surface area contributed by atoms with Gasteiger partial charge in [-0.25, -0.2) is 4.39 Å². The minimum Gasteiger partial charge on any atom is -0.399 e. The Balaban J connectivity index is 2.24. The van der Waals surface area contributed by atoms with Gasteiger partial charge < -0.3 is 4.84 Å². The summed E-state index contributed by atoms with van der Waals surface area (Å²) < 4.78 is 12.9. The second-order valence-corrected chi connectivity index (χ2v) is 3.91. The van der Waals surface area contributed by atoms with Gasteiger partial charge >= 0.3 is 0 Å². The molecule has 0 fully saturated rings.